The maximum absolute atomic E-state index is 12.9. The molecule has 4 aromatic rings. The third kappa shape index (κ3) is 3.86. The van der Waals surface area contributed by atoms with Crippen molar-refractivity contribution in [1.29, 1.82) is 0 Å². The summed E-state index contributed by atoms with van der Waals surface area (Å²) in [5.74, 6) is -0.469. The fourth-order valence-electron chi connectivity index (χ4n) is 3.94. The molecule has 5 nitrogen and oxygen atoms in total. The highest BCUT2D eigenvalue weighted by Crippen LogP contribution is 2.36. The van der Waals surface area contributed by atoms with Gasteiger partial charge in [0.05, 0.1) is 5.56 Å². The number of hydrogen-bond donors (Lipinski definition) is 2. The van der Waals surface area contributed by atoms with E-state index in [-0.39, 0.29) is 11.3 Å². The molecule has 0 spiro atoms. The van der Waals surface area contributed by atoms with Crippen molar-refractivity contribution < 1.29 is 19.7 Å². The second kappa shape index (κ2) is 8.65. The van der Waals surface area contributed by atoms with Crippen LogP contribution in [0.25, 0.3) is 5.76 Å². The largest absolute Gasteiger partial charge is 0.507 e. The molecule has 162 valence electrons. The number of anilines is 3. The van der Waals surface area contributed by atoms with Crippen LogP contribution in [0.15, 0.2) is 115 Å². The van der Waals surface area contributed by atoms with Crippen molar-refractivity contribution >= 4 is 28.6 Å². The Kier molecular flexibility index (Phi) is 5.39. The summed E-state index contributed by atoms with van der Waals surface area (Å²) < 4.78 is 5.44. The average Bonchev–Trinajstić information content (AvgIpc) is 2.86. The van der Waals surface area contributed by atoms with Crippen molar-refractivity contribution in [2.75, 3.05) is 4.90 Å². The average molecular weight is 435 g/mol. The molecule has 1 atom stereocenters. The van der Waals surface area contributed by atoms with Crippen LogP contribution in [0.5, 0.6) is 5.75 Å². The van der Waals surface area contributed by atoms with Gasteiger partial charge in [-0.2, -0.15) is 0 Å². The standard InChI is InChI=1S/C28H21NO4/c30-26(25-27(31)23-13-7-8-14-24(23)33-28(25)32)19-15-17-22(18-16-19)29(20-9-3-1-4-10-20)21-11-5-2-6-12-21/h1-18,28,30,32H. The van der Waals surface area contributed by atoms with Gasteiger partial charge in [0.15, 0.2) is 0 Å². The summed E-state index contributed by atoms with van der Waals surface area (Å²) in [5.41, 5.74) is 3.39. The first-order valence-electron chi connectivity index (χ1n) is 10.6. The number of ketones is 1. The van der Waals surface area contributed by atoms with Crippen LogP contribution >= 0.6 is 0 Å². The first kappa shape index (κ1) is 20.5. The van der Waals surface area contributed by atoms with Crippen molar-refractivity contribution in [3.05, 3.63) is 126 Å². The van der Waals surface area contributed by atoms with Crippen LogP contribution < -0.4 is 9.64 Å². The Bertz CT molecular complexity index is 1280. The number of aliphatic hydroxyl groups excluding tert-OH is 2. The summed E-state index contributed by atoms with van der Waals surface area (Å²) in [6.45, 7) is 0. The molecule has 1 aliphatic heterocycles. The predicted molar refractivity (Wildman–Crippen MR) is 128 cm³/mol. The van der Waals surface area contributed by atoms with Gasteiger partial charge >= 0.3 is 0 Å². The third-order valence-corrected chi connectivity index (χ3v) is 5.54. The highest BCUT2D eigenvalue weighted by atomic mass is 16.6. The molecule has 1 unspecified atom stereocenters. The number of para-hydroxylation sites is 3. The Hall–Kier alpha value is -4.35. The van der Waals surface area contributed by atoms with E-state index in [1.165, 1.54) is 0 Å². The molecule has 2 N–H and O–H groups in total. The zero-order chi connectivity index (χ0) is 22.8. The summed E-state index contributed by atoms with van der Waals surface area (Å²) >= 11 is 0. The molecule has 0 aromatic heterocycles. The number of rotatable bonds is 4. The number of ether oxygens (including phenoxy) is 1. The lowest BCUT2D eigenvalue weighted by Gasteiger charge is -2.26. The van der Waals surface area contributed by atoms with E-state index in [1.807, 2.05) is 72.8 Å². The molecular weight excluding hydrogens is 414 g/mol. The molecule has 4 aromatic carbocycles. The molecule has 1 heterocycles. The number of fused-ring (bicyclic) bond motifs is 1. The van der Waals surface area contributed by atoms with Gasteiger partial charge in [0.1, 0.15) is 17.1 Å². The molecule has 1 aliphatic rings. The maximum Gasteiger partial charge on any atom is 0.231 e. The minimum atomic E-state index is -1.54. The first-order valence-corrected chi connectivity index (χ1v) is 10.6. The molecule has 0 saturated heterocycles. The minimum absolute atomic E-state index is 0.176. The van der Waals surface area contributed by atoms with E-state index >= 15 is 0 Å². The van der Waals surface area contributed by atoms with E-state index in [0.717, 1.165) is 17.1 Å². The van der Waals surface area contributed by atoms with Crippen LogP contribution in [0.4, 0.5) is 17.1 Å². The van der Waals surface area contributed by atoms with E-state index in [9.17, 15) is 15.0 Å². The highest BCUT2D eigenvalue weighted by Gasteiger charge is 2.33. The Labute approximate surface area is 191 Å². The Morgan fingerprint density at radius 1 is 0.697 bits per heavy atom. The molecule has 0 radical (unpaired) electrons. The van der Waals surface area contributed by atoms with Crippen molar-refractivity contribution in [2.45, 2.75) is 6.29 Å². The lowest BCUT2D eigenvalue weighted by atomic mass is 9.96. The molecule has 0 bridgehead atoms. The summed E-state index contributed by atoms with van der Waals surface area (Å²) in [5, 5.41) is 21.3. The Morgan fingerprint density at radius 2 is 1.21 bits per heavy atom. The van der Waals surface area contributed by atoms with Crippen LogP contribution in [0.3, 0.4) is 0 Å². The molecule has 33 heavy (non-hydrogen) atoms. The number of nitrogens with zero attached hydrogens (tertiary/aromatic N) is 1. The van der Waals surface area contributed by atoms with Crippen molar-refractivity contribution in [2.24, 2.45) is 0 Å². The fraction of sp³-hybridized carbons (Fsp3) is 0.0357. The zero-order valence-electron chi connectivity index (χ0n) is 17.6. The molecule has 0 aliphatic carbocycles. The van der Waals surface area contributed by atoms with Crippen LogP contribution in [-0.4, -0.2) is 22.3 Å². The van der Waals surface area contributed by atoms with E-state index in [2.05, 4.69) is 4.90 Å². The molecule has 0 fully saturated rings. The number of benzene rings is 4. The van der Waals surface area contributed by atoms with Gasteiger partial charge in [-0.25, -0.2) is 0 Å². The quantitative estimate of drug-likeness (QED) is 0.303. The molecule has 5 rings (SSSR count). The van der Waals surface area contributed by atoms with Crippen molar-refractivity contribution in [1.82, 2.24) is 0 Å². The first-order chi connectivity index (χ1) is 16.1. The summed E-state index contributed by atoms with van der Waals surface area (Å²) in [6, 6.07) is 33.7. The van der Waals surface area contributed by atoms with Crippen LogP contribution in [0.2, 0.25) is 0 Å². The van der Waals surface area contributed by atoms with Gasteiger partial charge in [-0.1, -0.05) is 48.5 Å². The van der Waals surface area contributed by atoms with E-state index < -0.39 is 12.1 Å². The Morgan fingerprint density at radius 3 is 1.82 bits per heavy atom. The van der Waals surface area contributed by atoms with E-state index in [4.69, 9.17) is 4.74 Å². The van der Waals surface area contributed by atoms with Gasteiger partial charge in [0.2, 0.25) is 12.1 Å². The maximum atomic E-state index is 12.9. The van der Waals surface area contributed by atoms with Crippen molar-refractivity contribution in [3.63, 3.8) is 0 Å². The van der Waals surface area contributed by atoms with Gasteiger partial charge < -0.3 is 19.8 Å². The van der Waals surface area contributed by atoms with Gasteiger partial charge in [-0.15, -0.1) is 0 Å². The lowest BCUT2D eigenvalue weighted by Crippen LogP contribution is -2.31. The molecule has 5 heteroatoms. The molecule has 0 saturated carbocycles. The topological polar surface area (TPSA) is 70.0 Å². The summed E-state index contributed by atoms with van der Waals surface area (Å²) in [4.78, 5) is 15.0. The van der Waals surface area contributed by atoms with Crippen LogP contribution in [-0.2, 0) is 0 Å². The smallest absolute Gasteiger partial charge is 0.231 e. The second-order valence-electron chi connectivity index (χ2n) is 7.61. The van der Waals surface area contributed by atoms with Gasteiger partial charge in [0, 0.05) is 22.6 Å². The fourth-order valence-corrected chi connectivity index (χ4v) is 3.94. The van der Waals surface area contributed by atoms with Gasteiger partial charge in [0.25, 0.3) is 0 Å². The zero-order valence-corrected chi connectivity index (χ0v) is 17.6. The third-order valence-electron chi connectivity index (χ3n) is 5.54. The number of Topliss-reactive ketones (excluding diaryl/α,β-unsaturated/α-hetero) is 1. The van der Waals surface area contributed by atoms with Crippen LogP contribution in [0.1, 0.15) is 15.9 Å². The van der Waals surface area contributed by atoms with Crippen molar-refractivity contribution in [3.8, 4) is 5.75 Å². The minimum Gasteiger partial charge on any atom is -0.507 e. The normalized spacial score (nSPS) is 16.5. The number of carbonyl (C=O) groups is 1. The number of hydrogen-bond acceptors (Lipinski definition) is 5. The molecular formula is C28H21NO4. The summed E-state index contributed by atoms with van der Waals surface area (Å²) in [7, 11) is 0. The monoisotopic (exact) mass is 435 g/mol. The Balaban J connectivity index is 1.53. The second-order valence-corrected chi connectivity index (χ2v) is 7.61. The van der Waals surface area contributed by atoms with E-state index in [1.54, 1.807) is 36.4 Å². The lowest BCUT2D eigenvalue weighted by molar-refractivity contribution is 0.00730. The van der Waals surface area contributed by atoms with E-state index in [0.29, 0.717) is 16.9 Å². The predicted octanol–water partition coefficient (Wildman–Crippen LogP) is 6.02. The SMILES string of the molecule is O=C1C(=C(O)c2ccc(N(c3ccccc3)c3ccccc3)cc2)C(O)Oc2ccccc21. The van der Waals surface area contributed by atoms with Gasteiger partial charge in [-0.3, -0.25) is 4.79 Å². The number of aliphatic hydroxyl groups is 2. The van der Waals surface area contributed by atoms with Crippen LogP contribution in [0, 0.1) is 0 Å². The summed E-state index contributed by atoms with van der Waals surface area (Å²) in [6.07, 6.45) is -1.54. The highest BCUT2D eigenvalue weighted by molar-refractivity contribution is 6.15. The van der Waals surface area contributed by atoms with Gasteiger partial charge in [-0.05, 0) is 60.7 Å². The molecule has 0 amide bonds. The number of carbonyl (C=O) groups excluding carboxylic acids is 1.